The normalized spacial score (nSPS) is 13.6. The Kier molecular flexibility index (Phi) is 5.87. The van der Waals surface area contributed by atoms with Crippen molar-refractivity contribution in [1.29, 1.82) is 0 Å². The quantitative estimate of drug-likeness (QED) is 0.431. The number of thioether (sulfide) groups is 1. The first-order valence-corrected chi connectivity index (χ1v) is 12.1. The molecule has 0 radical (unpaired) electrons. The molecule has 0 aliphatic heterocycles. The van der Waals surface area contributed by atoms with Crippen molar-refractivity contribution in [3.05, 3.63) is 22.1 Å². The van der Waals surface area contributed by atoms with Crippen molar-refractivity contribution in [2.45, 2.75) is 64.6 Å². The molecule has 3 heterocycles. The summed E-state index contributed by atoms with van der Waals surface area (Å²) in [5.41, 5.74) is 1.48. The van der Waals surface area contributed by atoms with Crippen LogP contribution in [0.5, 0.6) is 0 Å². The molecule has 28 heavy (non-hydrogen) atoms. The first-order valence-electron chi connectivity index (χ1n) is 10.1. The van der Waals surface area contributed by atoms with Gasteiger partial charge in [-0.1, -0.05) is 25.6 Å². The van der Waals surface area contributed by atoms with Crippen LogP contribution in [-0.4, -0.2) is 37.5 Å². The van der Waals surface area contributed by atoms with Gasteiger partial charge in [-0.25, -0.2) is 9.97 Å². The fraction of sp³-hybridized carbons (Fsp3) is 0.600. The van der Waals surface area contributed by atoms with Gasteiger partial charge in [0.1, 0.15) is 22.3 Å². The highest BCUT2D eigenvalue weighted by Gasteiger charge is 2.21. The predicted octanol–water partition coefficient (Wildman–Crippen LogP) is 4.50. The van der Waals surface area contributed by atoms with Gasteiger partial charge in [-0.05, 0) is 50.3 Å². The average molecular weight is 417 g/mol. The number of fused-ring (bicyclic) bond motifs is 3. The maximum atomic E-state index is 4.72. The first kappa shape index (κ1) is 19.6. The molecule has 0 amide bonds. The highest BCUT2D eigenvalue weighted by molar-refractivity contribution is 7.98. The van der Waals surface area contributed by atoms with E-state index in [0.29, 0.717) is 5.92 Å². The lowest BCUT2D eigenvalue weighted by molar-refractivity contribution is 0.478. The number of aromatic nitrogens is 5. The SMILES string of the molecule is CSc1nnc(CCCNc2nc(C)nc3sc4c(c23)CCC4)n1CC(C)C. The Labute approximate surface area is 174 Å². The highest BCUT2D eigenvalue weighted by atomic mass is 32.2. The third-order valence-electron chi connectivity index (χ3n) is 5.07. The van der Waals surface area contributed by atoms with E-state index in [1.165, 1.54) is 28.7 Å². The van der Waals surface area contributed by atoms with E-state index in [1.807, 2.05) is 18.3 Å². The highest BCUT2D eigenvalue weighted by Crippen LogP contribution is 2.39. The summed E-state index contributed by atoms with van der Waals surface area (Å²) in [6.07, 6.45) is 7.59. The Morgan fingerprint density at radius 1 is 1.21 bits per heavy atom. The van der Waals surface area contributed by atoms with Gasteiger partial charge in [0.25, 0.3) is 0 Å². The third-order valence-corrected chi connectivity index (χ3v) is 6.92. The molecule has 0 fully saturated rings. The predicted molar refractivity (Wildman–Crippen MR) is 118 cm³/mol. The van der Waals surface area contributed by atoms with Crippen LogP contribution in [0.2, 0.25) is 0 Å². The molecule has 3 aromatic rings. The lowest BCUT2D eigenvalue weighted by Gasteiger charge is -2.12. The lowest BCUT2D eigenvalue weighted by atomic mass is 10.2. The molecule has 150 valence electrons. The monoisotopic (exact) mass is 416 g/mol. The summed E-state index contributed by atoms with van der Waals surface area (Å²) < 4.78 is 2.27. The summed E-state index contributed by atoms with van der Waals surface area (Å²) in [7, 11) is 0. The van der Waals surface area contributed by atoms with Gasteiger partial charge in [0.15, 0.2) is 5.16 Å². The molecule has 3 aromatic heterocycles. The fourth-order valence-electron chi connectivity index (χ4n) is 3.89. The summed E-state index contributed by atoms with van der Waals surface area (Å²) in [5, 5.41) is 14.6. The van der Waals surface area contributed by atoms with Crippen LogP contribution in [-0.2, 0) is 25.8 Å². The summed E-state index contributed by atoms with van der Waals surface area (Å²) >= 11 is 3.52. The second kappa shape index (κ2) is 8.37. The van der Waals surface area contributed by atoms with Crippen molar-refractivity contribution in [2.24, 2.45) is 5.92 Å². The van der Waals surface area contributed by atoms with Gasteiger partial charge in [-0.15, -0.1) is 21.5 Å². The Bertz CT molecular complexity index is 975. The number of thiophene rings is 1. The van der Waals surface area contributed by atoms with Crippen molar-refractivity contribution in [3.8, 4) is 0 Å². The Balaban J connectivity index is 1.45. The van der Waals surface area contributed by atoms with E-state index in [4.69, 9.17) is 4.98 Å². The van der Waals surface area contributed by atoms with E-state index in [2.05, 4.69) is 45.2 Å². The maximum absolute atomic E-state index is 4.72. The number of hydrogen-bond acceptors (Lipinski definition) is 7. The molecule has 1 aliphatic carbocycles. The lowest BCUT2D eigenvalue weighted by Crippen LogP contribution is -2.12. The Morgan fingerprint density at radius 3 is 2.86 bits per heavy atom. The van der Waals surface area contributed by atoms with E-state index >= 15 is 0 Å². The first-order chi connectivity index (χ1) is 13.6. The van der Waals surface area contributed by atoms with Crippen LogP contribution in [0, 0.1) is 12.8 Å². The van der Waals surface area contributed by atoms with Gasteiger partial charge in [-0.3, -0.25) is 0 Å². The number of nitrogens with zero attached hydrogens (tertiary/aromatic N) is 5. The van der Waals surface area contributed by atoms with Gasteiger partial charge < -0.3 is 9.88 Å². The molecular weight excluding hydrogens is 388 g/mol. The molecule has 0 spiro atoms. The van der Waals surface area contributed by atoms with Crippen LogP contribution in [0.15, 0.2) is 5.16 Å². The van der Waals surface area contributed by atoms with Gasteiger partial charge in [0, 0.05) is 24.4 Å². The number of aryl methyl sites for hydroxylation is 4. The van der Waals surface area contributed by atoms with Crippen LogP contribution >= 0.6 is 23.1 Å². The van der Waals surface area contributed by atoms with Gasteiger partial charge in [0.05, 0.1) is 5.39 Å². The van der Waals surface area contributed by atoms with Gasteiger partial charge in [0.2, 0.25) is 0 Å². The van der Waals surface area contributed by atoms with E-state index in [9.17, 15) is 0 Å². The zero-order chi connectivity index (χ0) is 19.7. The van der Waals surface area contributed by atoms with Crippen LogP contribution in [0.3, 0.4) is 0 Å². The molecule has 0 atom stereocenters. The number of anilines is 1. The van der Waals surface area contributed by atoms with Crippen LogP contribution in [0.25, 0.3) is 10.2 Å². The summed E-state index contributed by atoms with van der Waals surface area (Å²) in [5.74, 6) is 3.52. The maximum Gasteiger partial charge on any atom is 0.190 e. The zero-order valence-corrected chi connectivity index (χ0v) is 18.7. The number of hydrogen-bond donors (Lipinski definition) is 1. The van der Waals surface area contributed by atoms with Crippen molar-refractivity contribution >= 4 is 39.1 Å². The summed E-state index contributed by atoms with van der Waals surface area (Å²) in [4.78, 5) is 12.0. The Morgan fingerprint density at radius 2 is 2.07 bits per heavy atom. The molecule has 0 unspecified atom stereocenters. The van der Waals surface area contributed by atoms with Gasteiger partial charge in [-0.2, -0.15) is 0 Å². The van der Waals surface area contributed by atoms with Crippen LogP contribution < -0.4 is 5.32 Å². The summed E-state index contributed by atoms with van der Waals surface area (Å²) in [6, 6.07) is 0. The van der Waals surface area contributed by atoms with Crippen LogP contribution in [0.1, 0.15) is 48.8 Å². The standard InChI is InChI=1S/C20H28N6S2/c1-12(2)11-26-16(24-25-20(26)27-4)9-6-10-21-18-17-14-7-5-8-15(14)28-19(17)23-13(3)22-18/h12H,5-11H2,1-4H3,(H,21,22,23). The van der Waals surface area contributed by atoms with E-state index in [-0.39, 0.29) is 0 Å². The third kappa shape index (κ3) is 3.89. The minimum Gasteiger partial charge on any atom is -0.369 e. The minimum atomic E-state index is 0.580. The van der Waals surface area contributed by atoms with Crippen molar-refractivity contribution in [2.75, 3.05) is 18.1 Å². The molecule has 0 bridgehead atoms. The van der Waals surface area contributed by atoms with Crippen LogP contribution in [0.4, 0.5) is 5.82 Å². The van der Waals surface area contributed by atoms with Gasteiger partial charge >= 0.3 is 0 Å². The molecule has 1 aliphatic rings. The second-order valence-corrected chi connectivity index (χ2v) is 9.65. The van der Waals surface area contributed by atoms with Crippen molar-refractivity contribution in [3.63, 3.8) is 0 Å². The molecule has 0 saturated heterocycles. The number of rotatable bonds is 8. The molecule has 8 heteroatoms. The fourth-order valence-corrected chi connectivity index (χ4v) is 5.72. The molecule has 0 saturated carbocycles. The van der Waals surface area contributed by atoms with E-state index < -0.39 is 0 Å². The van der Waals surface area contributed by atoms with E-state index in [0.717, 1.165) is 59.8 Å². The van der Waals surface area contributed by atoms with E-state index in [1.54, 1.807) is 11.8 Å². The minimum absolute atomic E-state index is 0.580. The largest absolute Gasteiger partial charge is 0.369 e. The van der Waals surface area contributed by atoms with Crippen molar-refractivity contribution in [1.82, 2.24) is 24.7 Å². The zero-order valence-electron chi connectivity index (χ0n) is 17.1. The smallest absolute Gasteiger partial charge is 0.190 e. The molecule has 6 nitrogen and oxygen atoms in total. The topological polar surface area (TPSA) is 68.5 Å². The number of nitrogens with one attached hydrogen (secondary N) is 1. The molecular formula is C20H28N6S2. The Hall–Kier alpha value is -1.67. The summed E-state index contributed by atoms with van der Waals surface area (Å²) in [6.45, 7) is 8.29. The molecule has 0 aromatic carbocycles. The molecule has 4 rings (SSSR count). The average Bonchev–Trinajstić information content (AvgIpc) is 3.32. The molecule has 1 N–H and O–H groups in total. The van der Waals surface area contributed by atoms with Crippen molar-refractivity contribution < 1.29 is 0 Å². The second-order valence-electron chi connectivity index (χ2n) is 7.79.